The average Bonchev–Trinajstić information content (AvgIpc) is 2.83. The van der Waals surface area contributed by atoms with E-state index < -0.39 is 17.8 Å². The fourth-order valence-corrected chi connectivity index (χ4v) is 2.79. The normalized spacial score (nSPS) is 10.7. The second-order valence-corrected chi connectivity index (χ2v) is 5.01. The largest absolute Gasteiger partial charge is 0.478 e. The molecule has 6 nitrogen and oxygen atoms in total. The van der Waals surface area contributed by atoms with Gasteiger partial charge in [0, 0.05) is 22.2 Å². The average molecular weight is 305 g/mol. The van der Waals surface area contributed by atoms with Crippen LogP contribution in [0.2, 0.25) is 0 Å². The van der Waals surface area contributed by atoms with Crippen LogP contribution >= 0.6 is 11.3 Å². The Bertz CT molecular complexity index is 747. The lowest BCUT2D eigenvalue weighted by molar-refractivity contribution is -0.131. The summed E-state index contributed by atoms with van der Waals surface area (Å²) in [6, 6.07) is 7.17. The van der Waals surface area contributed by atoms with E-state index in [1.165, 1.54) is 18.4 Å². The summed E-state index contributed by atoms with van der Waals surface area (Å²) >= 11 is 1.19. The minimum absolute atomic E-state index is 0.260. The van der Waals surface area contributed by atoms with E-state index in [0.717, 1.165) is 16.9 Å². The Hall–Kier alpha value is -2.67. The maximum absolute atomic E-state index is 11.8. The van der Waals surface area contributed by atoms with Gasteiger partial charge in [-0.05, 0) is 6.07 Å². The summed E-state index contributed by atoms with van der Waals surface area (Å²) < 4.78 is 5.51. The molecule has 1 aromatic heterocycles. The zero-order valence-electron chi connectivity index (χ0n) is 11.0. The maximum atomic E-state index is 11.8. The van der Waals surface area contributed by atoms with Gasteiger partial charge in [-0.15, -0.1) is 11.3 Å². The molecule has 0 aliphatic heterocycles. The summed E-state index contributed by atoms with van der Waals surface area (Å²) in [4.78, 5) is 34.2. The number of aliphatic carboxylic acids is 1. The number of thiophene rings is 1. The Labute approximate surface area is 123 Å². The number of carbonyl (C=O) groups is 3. The van der Waals surface area contributed by atoms with Gasteiger partial charge >= 0.3 is 11.9 Å². The van der Waals surface area contributed by atoms with Gasteiger partial charge in [0.05, 0.1) is 12.8 Å². The van der Waals surface area contributed by atoms with E-state index in [9.17, 15) is 14.4 Å². The summed E-state index contributed by atoms with van der Waals surface area (Å²) in [5.74, 6) is -2.42. The molecule has 1 aromatic carbocycles. The van der Waals surface area contributed by atoms with Gasteiger partial charge in [-0.1, -0.05) is 18.2 Å². The molecule has 2 N–H and O–H groups in total. The number of hydrogen-bond acceptors (Lipinski definition) is 5. The molecule has 0 saturated carbocycles. The number of carboxylic acid groups (broad SMARTS) is 1. The highest BCUT2D eigenvalue weighted by molar-refractivity contribution is 7.21. The van der Waals surface area contributed by atoms with Gasteiger partial charge in [0.1, 0.15) is 4.88 Å². The van der Waals surface area contributed by atoms with Crippen LogP contribution in [0.15, 0.2) is 36.4 Å². The van der Waals surface area contributed by atoms with E-state index in [-0.39, 0.29) is 4.88 Å². The van der Waals surface area contributed by atoms with Crippen LogP contribution in [0.5, 0.6) is 0 Å². The standard InChI is InChI=1S/C14H11NO5S/c1-20-14(19)13-12(15-10(16)6-7-11(17)18)8-4-2-3-5-9(8)21-13/h2-7H,1H3,(H,15,16)(H,17,18)/b7-6+. The third kappa shape index (κ3) is 3.26. The quantitative estimate of drug-likeness (QED) is 0.667. The minimum Gasteiger partial charge on any atom is -0.478 e. The van der Waals surface area contributed by atoms with E-state index >= 15 is 0 Å². The number of hydrogen-bond donors (Lipinski definition) is 2. The fourth-order valence-electron chi connectivity index (χ4n) is 1.72. The van der Waals surface area contributed by atoms with E-state index in [0.29, 0.717) is 11.1 Å². The first-order valence-corrected chi connectivity index (χ1v) is 6.66. The Kier molecular flexibility index (Phi) is 4.34. The topological polar surface area (TPSA) is 92.7 Å². The monoisotopic (exact) mass is 305 g/mol. The van der Waals surface area contributed by atoms with Crippen LogP contribution in [0.3, 0.4) is 0 Å². The molecule has 21 heavy (non-hydrogen) atoms. The fraction of sp³-hybridized carbons (Fsp3) is 0.0714. The van der Waals surface area contributed by atoms with Crippen molar-refractivity contribution in [1.82, 2.24) is 0 Å². The number of nitrogens with one attached hydrogen (secondary N) is 1. The second kappa shape index (κ2) is 6.19. The highest BCUT2D eigenvalue weighted by Gasteiger charge is 2.19. The number of carboxylic acids is 1. The molecule has 2 aromatic rings. The van der Waals surface area contributed by atoms with Crippen LogP contribution in [0.4, 0.5) is 5.69 Å². The van der Waals surface area contributed by atoms with E-state index in [2.05, 4.69) is 5.32 Å². The van der Waals surface area contributed by atoms with Crippen molar-refractivity contribution in [3.8, 4) is 0 Å². The van der Waals surface area contributed by atoms with Gasteiger partial charge in [-0.2, -0.15) is 0 Å². The van der Waals surface area contributed by atoms with Gasteiger partial charge < -0.3 is 15.2 Å². The minimum atomic E-state index is -1.23. The molecule has 0 atom stereocenters. The zero-order valence-corrected chi connectivity index (χ0v) is 11.8. The number of ether oxygens (including phenoxy) is 1. The summed E-state index contributed by atoms with van der Waals surface area (Å²) in [6.45, 7) is 0. The van der Waals surface area contributed by atoms with Crippen molar-refractivity contribution in [3.63, 3.8) is 0 Å². The van der Waals surface area contributed by atoms with Crippen LogP contribution < -0.4 is 5.32 Å². The number of carbonyl (C=O) groups excluding carboxylic acids is 2. The van der Waals surface area contributed by atoms with E-state index in [4.69, 9.17) is 9.84 Å². The van der Waals surface area contributed by atoms with Crippen LogP contribution in [-0.4, -0.2) is 30.1 Å². The molecule has 0 radical (unpaired) electrons. The van der Waals surface area contributed by atoms with Gasteiger partial charge in [0.25, 0.3) is 0 Å². The van der Waals surface area contributed by atoms with Crippen molar-refractivity contribution in [2.24, 2.45) is 0 Å². The molecule has 0 bridgehead atoms. The first kappa shape index (κ1) is 14.7. The number of amides is 1. The second-order valence-electron chi connectivity index (χ2n) is 3.95. The maximum Gasteiger partial charge on any atom is 0.350 e. The SMILES string of the molecule is COC(=O)c1sc2ccccc2c1NC(=O)/C=C/C(=O)O. The number of anilines is 1. The highest BCUT2D eigenvalue weighted by Crippen LogP contribution is 2.36. The van der Waals surface area contributed by atoms with E-state index in [1.54, 1.807) is 12.1 Å². The van der Waals surface area contributed by atoms with Crippen molar-refractivity contribution < 1.29 is 24.2 Å². The smallest absolute Gasteiger partial charge is 0.350 e. The lowest BCUT2D eigenvalue weighted by Crippen LogP contribution is -2.11. The number of rotatable bonds is 4. The molecule has 0 aliphatic carbocycles. The molecular formula is C14H11NO5S. The molecule has 0 aliphatic rings. The Balaban J connectivity index is 2.43. The van der Waals surface area contributed by atoms with Gasteiger partial charge in [0.2, 0.25) is 5.91 Å². The van der Waals surface area contributed by atoms with Crippen molar-refractivity contribution >= 4 is 45.0 Å². The van der Waals surface area contributed by atoms with Crippen LogP contribution in [0.1, 0.15) is 9.67 Å². The number of benzene rings is 1. The van der Waals surface area contributed by atoms with Gasteiger partial charge in [-0.3, -0.25) is 4.79 Å². The molecular weight excluding hydrogens is 294 g/mol. The van der Waals surface area contributed by atoms with Crippen molar-refractivity contribution in [3.05, 3.63) is 41.3 Å². The number of esters is 1. The molecule has 2 rings (SSSR count). The molecule has 1 heterocycles. The summed E-state index contributed by atoms with van der Waals surface area (Å²) in [7, 11) is 1.25. The number of methoxy groups -OCH3 is 1. The molecule has 0 unspecified atom stereocenters. The van der Waals surface area contributed by atoms with Crippen LogP contribution in [-0.2, 0) is 14.3 Å². The number of fused-ring (bicyclic) bond motifs is 1. The third-order valence-corrected chi connectivity index (χ3v) is 3.74. The molecule has 1 amide bonds. The Morgan fingerprint density at radius 3 is 2.62 bits per heavy atom. The molecule has 0 fully saturated rings. The predicted octanol–water partition coefficient (Wildman–Crippen LogP) is 2.27. The Morgan fingerprint density at radius 1 is 1.24 bits per heavy atom. The van der Waals surface area contributed by atoms with Crippen molar-refractivity contribution in [1.29, 1.82) is 0 Å². The Morgan fingerprint density at radius 2 is 1.95 bits per heavy atom. The van der Waals surface area contributed by atoms with Gasteiger partial charge in [0.15, 0.2) is 0 Å². The zero-order chi connectivity index (χ0) is 15.4. The molecule has 108 valence electrons. The van der Waals surface area contributed by atoms with E-state index in [1.807, 2.05) is 12.1 Å². The lowest BCUT2D eigenvalue weighted by Gasteiger charge is -2.03. The summed E-state index contributed by atoms with van der Waals surface area (Å²) in [6.07, 6.45) is 1.61. The first-order valence-electron chi connectivity index (χ1n) is 5.84. The first-order chi connectivity index (χ1) is 10.0. The molecule has 0 saturated heterocycles. The summed E-state index contributed by atoms with van der Waals surface area (Å²) in [5.41, 5.74) is 0.322. The summed E-state index contributed by atoms with van der Waals surface area (Å²) in [5, 5.41) is 11.7. The van der Waals surface area contributed by atoms with Crippen LogP contribution in [0, 0.1) is 0 Å². The lowest BCUT2D eigenvalue weighted by atomic mass is 10.2. The van der Waals surface area contributed by atoms with Crippen LogP contribution in [0.25, 0.3) is 10.1 Å². The van der Waals surface area contributed by atoms with Gasteiger partial charge in [-0.25, -0.2) is 9.59 Å². The predicted molar refractivity (Wildman–Crippen MR) is 78.6 cm³/mol. The third-order valence-electron chi connectivity index (χ3n) is 2.59. The van der Waals surface area contributed by atoms with Crippen molar-refractivity contribution in [2.75, 3.05) is 12.4 Å². The molecule has 7 heteroatoms. The molecule has 0 spiro atoms. The highest BCUT2D eigenvalue weighted by atomic mass is 32.1. The van der Waals surface area contributed by atoms with Crippen molar-refractivity contribution in [2.45, 2.75) is 0 Å².